The number of rotatable bonds is 4. The maximum atomic E-state index is 9.85. The van der Waals surface area contributed by atoms with E-state index in [1.54, 1.807) is 0 Å². The smallest absolute Gasteiger partial charge is 0.346 e. The second kappa shape index (κ2) is 6.41. The molecule has 0 unspecified atom stereocenters. The van der Waals surface area contributed by atoms with Crippen molar-refractivity contribution in [3.63, 3.8) is 0 Å². The standard InChI is InChI=1S/C7H8N2O2/c1-2-3-8-4-5-9-6-7(10)11/h2-6H,1H2,(H,10,11)/b5-4-,8-3-,9-6+. The van der Waals surface area contributed by atoms with Crippen molar-refractivity contribution in [3.05, 3.63) is 25.1 Å². The van der Waals surface area contributed by atoms with Crippen LogP contribution in [-0.2, 0) is 4.79 Å². The molecule has 1 N–H and O–H groups in total. The fourth-order valence-corrected chi connectivity index (χ4v) is 0.294. The fraction of sp³-hybridized carbons (Fsp3) is 0. The van der Waals surface area contributed by atoms with Gasteiger partial charge in [-0.3, -0.25) is 9.98 Å². The van der Waals surface area contributed by atoms with Gasteiger partial charge in [0.15, 0.2) is 0 Å². The van der Waals surface area contributed by atoms with Crippen LogP contribution in [-0.4, -0.2) is 23.5 Å². The molecule has 0 saturated heterocycles. The van der Waals surface area contributed by atoms with Gasteiger partial charge in [-0.25, -0.2) is 4.79 Å². The minimum absolute atomic E-state index is 0.778. The van der Waals surface area contributed by atoms with Gasteiger partial charge in [0.25, 0.3) is 0 Å². The van der Waals surface area contributed by atoms with Gasteiger partial charge in [-0.15, -0.1) is 0 Å². The highest BCUT2D eigenvalue weighted by molar-refractivity contribution is 6.22. The van der Waals surface area contributed by atoms with Crippen molar-refractivity contribution in [3.8, 4) is 0 Å². The summed E-state index contributed by atoms with van der Waals surface area (Å²) < 4.78 is 0. The van der Waals surface area contributed by atoms with Crippen LogP contribution in [0, 0.1) is 0 Å². The maximum Gasteiger partial charge on any atom is 0.346 e. The third-order valence-electron chi connectivity index (χ3n) is 0.615. The molecule has 58 valence electrons. The average molecular weight is 152 g/mol. The first-order chi connectivity index (χ1) is 5.27. The van der Waals surface area contributed by atoms with Crippen LogP contribution >= 0.6 is 0 Å². The highest BCUT2D eigenvalue weighted by Crippen LogP contribution is 1.74. The second-order valence-electron chi connectivity index (χ2n) is 1.45. The first-order valence-electron chi connectivity index (χ1n) is 2.82. The summed E-state index contributed by atoms with van der Waals surface area (Å²) in [4.78, 5) is 16.9. The molecule has 0 bridgehead atoms. The molecule has 4 nitrogen and oxygen atoms in total. The van der Waals surface area contributed by atoms with Crippen LogP contribution in [0.25, 0.3) is 0 Å². The Labute approximate surface area is 64.3 Å². The van der Waals surface area contributed by atoms with E-state index >= 15 is 0 Å². The minimum Gasteiger partial charge on any atom is -0.477 e. The molecule has 0 aromatic heterocycles. The van der Waals surface area contributed by atoms with Crippen molar-refractivity contribution < 1.29 is 9.90 Å². The van der Waals surface area contributed by atoms with Gasteiger partial charge >= 0.3 is 5.97 Å². The van der Waals surface area contributed by atoms with Crippen LogP contribution in [0.1, 0.15) is 0 Å². The van der Waals surface area contributed by atoms with Crippen molar-refractivity contribution in [1.29, 1.82) is 0 Å². The number of allylic oxidation sites excluding steroid dienone is 1. The largest absolute Gasteiger partial charge is 0.477 e. The monoisotopic (exact) mass is 152 g/mol. The predicted molar refractivity (Wildman–Crippen MR) is 44.0 cm³/mol. The van der Waals surface area contributed by atoms with Gasteiger partial charge in [0.2, 0.25) is 0 Å². The summed E-state index contributed by atoms with van der Waals surface area (Å²) in [5.74, 6) is -1.08. The lowest BCUT2D eigenvalue weighted by Crippen LogP contribution is -1.93. The van der Waals surface area contributed by atoms with Gasteiger partial charge in [-0.1, -0.05) is 12.7 Å². The van der Waals surface area contributed by atoms with Gasteiger partial charge in [0, 0.05) is 18.6 Å². The highest BCUT2D eigenvalue weighted by atomic mass is 16.4. The van der Waals surface area contributed by atoms with Gasteiger partial charge in [0.1, 0.15) is 6.21 Å². The van der Waals surface area contributed by atoms with Crippen molar-refractivity contribution in [2.24, 2.45) is 9.98 Å². The molecule has 0 aliphatic rings. The zero-order chi connectivity index (χ0) is 8.53. The van der Waals surface area contributed by atoms with Gasteiger partial charge in [-0.05, 0) is 0 Å². The number of carboxylic acid groups (broad SMARTS) is 1. The molecule has 0 amide bonds. The predicted octanol–water partition coefficient (Wildman–Crippen LogP) is 0.870. The summed E-state index contributed by atoms with van der Waals surface area (Å²) in [6, 6.07) is 0. The number of carboxylic acids is 1. The van der Waals surface area contributed by atoms with Crippen LogP contribution in [0.3, 0.4) is 0 Å². The molecule has 0 aromatic carbocycles. The van der Waals surface area contributed by atoms with E-state index in [9.17, 15) is 4.79 Å². The van der Waals surface area contributed by atoms with Crippen molar-refractivity contribution >= 4 is 18.4 Å². The van der Waals surface area contributed by atoms with E-state index < -0.39 is 5.97 Å². The Morgan fingerprint density at radius 3 is 2.55 bits per heavy atom. The fourth-order valence-electron chi connectivity index (χ4n) is 0.294. The van der Waals surface area contributed by atoms with Crippen molar-refractivity contribution in [2.45, 2.75) is 0 Å². The van der Waals surface area contributed by atoms with E-state index in [2.05, 4.69) is 16.6 Å². The number of hydrogen-bond acceptors (Lipinski definition) is 3. The Kier molecular flexibility index (Phi) is 5.41. The lowest BCUT2D eigenvalue weighted by atomic mass is 10.7. The number of aliphatic imine (C=N–C) groups is 2. The molecule has 0 heterocycles. The molecular formula is C7H8N2O2. The molecule has 0 fully saturated rings. The Morgan fingerprint density at radius 1 is 1.36 bits per heavy atom. The van der Waals surface area contributed by atoms with E-state index in [0.717, 1.165) is 6.21 Å². The van der Waals surface area contributed by atoms with Crippen LogP contribution in [0.2, 0.25) is 0 Å². The van der Waals surface area contributed by atoms with Crippen molar-refractivity contribution in [2.75, 3.05) is 0 Å². The van der Waals surface area contributed by atoms with E-state index in [0.29, 0.717) is 0 Å². The quantitative estimate of drug-likeness (QED) is 0.607. The summed E-state index contributed by atoms with van der Waals surface area (Å²) in [6.45, 7) is 3.39. The molecule has 4 heteroatoms. The topological polar surface area (TPSA) is 62.0 Å². The molecule has 0 aliphatic carbocycles. The van der Waals surface area contributed by atoms with Crippen LogP contribution in [0.4, 0.5) is 0 Å². The van der Waals surface area contributed by atoms with E-state index in [1.165, 1.54) is 24.7 Å². The Morgan fingerprint density at radius 2 is 2.00 bits per heavy atom. The van der Waals surface area contributed by atoms with E-state index in [4.69, 9.17) is 5.11 Å². The summed E-state index contributed by atoms with van der Waals surface area (Å²) in [5, 5.41) is 8.08. The number of aliphatic carboxylic acids is 1. The SMILES string of the molecule is C=C\C=N/C=C\N=C\C(=O)O. The van der Waals surface area contributed by atoms with Gasteiger partial charge in [0.05, 0.1) is 0 Å². The average Bonchev–Trinajstić information content (AvgIpc) is 1.96. The molecule has 0 rings (SSSR count). The van der Waals surface area contributed by atoms with Crippen LogP contribution in [0.5, 0.6) is 0 Å². The number of carbonyl (C=O) groups is 1. The van der Waals surface area contributed by atoms with E-state index in [1.807, 2.05) is 0 Å². The summed E-state index contributed by atoms with van der Waals surface area (Å²) in [7, 11) is 0. The Hall–Kier alpha value is -1.71. The highest BCUT2D eigenvalue weighted by Gasteiger charge is 1.80. The molecule has 0 spiro atoms. The second-order valence-corrected chi connectivity index (χ2v) is 1.45. The summed E-state index contributed by atoms with van der Waals surface area (Å²) >= 11 is 0. The van der Waals surface area contributed by atoms with E-state index in [-0.39, 0.29) is 0 Å². The molecule has 0 radical (unpaired) electrons. The Balaban J connectivity index is 3.68. The number of hydrogen-bond donors (Lipinski definition) is 1. The van der Waals surface area contributed by atoms with Crippen molar-refractivity contribution in [1.82, 2.24) is 0 Å². The zero-order valence-electron chi connectivity index (χ0n) is 5.84. The summed E-state index contributed by atoms with van der Waals surface area (Å²) in [6.07, 6.45) is 6.38. The molecule has 0 aromatic rings. The minimum atomic E-state index is -1.08. The molecule has 0 aliphatic heterocycles. The number of nitrogens with zero attached hydrogens (tertiary/aromatic N) is 2. The molecule has 0 saturated carbocycles. The molecule has 11 heavy (non-hydrogen) atoms. The first-order valence-corrected chi connectivity index (χ1v) is 2.82. The third-order valence-corrected chi connectivity index (χ3v) is 0.615. The zero-order valence-corrected chi connectivity index (χ0v) is 5.84. The molecule has 0 atom stereocenters. The Bertz CT molecular complexity index is 216. The summed E-state index contributed by atoms with van der Waals surface area (Å²) in [5.41, 5.74) is 0. The lowest BCUT2D eigenvalue weighted by Gasteiger charge is -1.74. The molecular weight excluding hydrogens is 144 g/mol. The first kappa shape index (κ1) is 9.29. The van der Waals surface area contributed by atoms with Gasteiger partial charge in [-0.2, -0.15) is 0 Å². The van der Waals surface area contributed by atoms with Gasteiger partial charge < -0.3 is 5.11 Å². The third kappa shape index (κ3) is 8.29. The lowest BCUT2D eigenvalue weighted by molar-refractivity contribution is -0.128. The van der Waals surface area contributed by atoms with Crippen LogP contribution < -0.4 is 0 Å². The van der Waals surface area contributed by atoms with Crippen LogP contribution in [0.15, 0.2) is 35.0 Å². The maximum absolute atomic E-state index is 9.85. The normalized spacial score (nSPS) is 11.6.